The Bertz CT molecular complexity index is 22.8. The summed E-state index contributed by atoms with van der Waals surface area (Å²) < 4.78 is 0. The van der Waals surface area contributed by atoms with Crippen LogP contribution in [-0.2, 0) is 0 Å². The molecule has 0 heterocycles. The Labute approximate surface area is 40.6 Å². The highest BCUT2D eigenvalue weighted by Crippen LogP contribution is 1.63. The summed E-state index contributed by atoms with van der Waals surface area (Å²) in [6.45, 7) is 2.99. The highest BCUT2D eigenvalue weighted by atomic mass is 28.2. The van der Waals surface area contributed by atoms with E-state index in [1.54, 1.807) is 0 Å². The van der Waals surface area contributed by atoms with Gasteiger partial charge in [-0.15, -0.1) is 0 Å². The summed E-state index contributed by atoms with van der Waals surface area (Å²) in [5, 5.41) is 0. The smallest absolute Gasteiger partial charge is 0.334 e. The minimum absolute atomic E-state index is 0.0854. The van der Waals surface area contributed by atoms with Gasteiger partial charge in [-0.1, -0.05) is 6.92 Å². The van der Waals surface area contributed by atoms with Crippen molar-refractivity contribution in [1.82, 2.24) is 4.98 Å². The van der Waals surface area contributed by atoms with Crippen molar-refractivity contribution in [3.63, 3.8) is 0 Å². The van der Waals surface area contributed by atoms with Crippen molar-refractivity contribution in [2.75, 3.05) is 6.54 Å². The van der Waals surface area contributed by atoms with E-state index in [-0.39, 0.29) is 9.92 Å². The molecule has 0 spiro atoms. The Kier molecular flexibility index (Phi) is 5.25. The standard InChI is InChI=1S/C3H9NOSi/c1-2-3-4-6-5/h4-5H,2-3H2,1H3. The van der Waals surface area contributed by atoms with E-state index < -0.39 is 0 Å². The molecule has 6 heavy (non-hydrogen) atoms. The average molecular weight is 103 g/mol. The molecule has 0 aromatic rings. The average Bonchev–Trinajstić information content (AvgIpc) is 1.61. The maximum atomic E-state index is 8.11. The van der Waals surface area contributed by atoms with E-state index in [0.29, 0.717) is 0 Å². The van der Waals surface area contributed by atoms with Crippen LogP contribution in [-0.4, -0.2) is 21.3 Å². The predicted molar refractivity (Wildman–Crippen MR) is 26.3 cm³/mol. The van der Waals surface area contributed by atoms with Gasteiger partial charge in [0.2, 0.25) is 0 Å². The van der Waals surface area contributed by atoms with E-state index in [9.17, 15) is 0 Å². The maximum Gasteiger partial charge on any atom is 0.334 e. The van der Waals surface area contributed by atoms with Crippen molar-refractivity contribution < 1.29 is 4.80 Å². The highest BCUT2D eigenvalue weighted by molar-refractivity contribution is 6.21. The minimum Gasteiger partial charge on any atom is -0.419 e. The zero-order valence-corrected chi connectivity index (χ0v) is 4.86. The third-order valence-corrected chi connectivity index (χ3v) is 0.862. The molecule has 0 aromatic carbocycles. The van der Waals surface area contributed by atoms with Crippen LogP contribution in [0.1, 0.15) is 13.3 Å². The fourth-order valence-electron chi connectivity index (χ4n) is 0.181. The first kappa shape index (κ1) is 6.14. The van der Waals surface area contributed by atoms with Crippen molar-refractivity contribution >= 4 is 9.92 Å². The molecule has 0 rings (SSSR count). The zero-order chi connectivity index (χ0) is 4.83. The molecule has 36 valence electrons. The molecule has 0 aliphatic rings. The largest absolute Gasteiger partial charge is 0.419 e. The number of hydrogen-bond donors (Lipinski definition) is 2. The second-order valence-corrected chi connectivity index (χ2v) is 1.62. The summed E-state index contributed by atoms with van der Waals surface area (Å²) in [5.74, 6) is 0. The van der Waals surface area contributed by atoms with Gasteiger partial charge in [-0.25, -0.2) is 0 Å². The van der Waals surface area contributed by atoms with Gasteiger partial charge in [-0.3, -0.25) is 0 Å². The van der Waals surface area contributed by atoms with E-state index in [2.05, 4.69) is 11.9 Å². The van der Waals surface area contributed by atoms with Crippen LogP contribution in [0, 0.1) is 0 Å². The van der Waals surface area contributed by atoms with Crippen LogP contribution >= 0.6 is 0 Å². The van der Waals surface area contributed by atoms with Crippen LogP contribution in [0.5, 0.6) is 0 Å². The normalized spacial score (nSPS) is 9.00. The number of nitrogens with one attached hydrogen (secondary N) is 1. The fraction of sp³-hybridized carbons (Fsp3) is 1.00. The lowest BCUT2D eigenvalue weighted by molar-refractivity contribution is 0.579. The molecule has 0 aliphatic carbocycles. The molecule has 0 aliphatic heterocycles. The summed E-state index contributed by atoms with van der Waals surface area (Å²) in [6, 6.07) is 0. The van der Waals surface area contributed by atoms with Gasteiger partial charge in [0.05, 0.1) is 0 Å². The first-order valence-electron chi connectivity index (χ1n) is 2.03. The first-order valence-corrected chi connectivity index (χ1v) is 2.98. The number of rotatable bonds is 3. The monoisotopic (exact) mass is 103 g/mol. The van der Waals surface area contributed by atoms with Crippen LogP contribution < -0.4 is 4.98 Å². The summed E-state index contributed by atoms with van der Waals surface area (Å²) >= 11 is 0. The lowest BCUT2D eigenvalue weighted by Gasteiger charge is -1.88. The number of hydrogen-bond acceptors (Lipinski definition) is 2. The Morgan fingerprint density at radius 2 is 2.50 bits per heavy atom. The van der Waals surface area contributed by atoms with E-state index in [1.165, 1.54) is 0 Å². The molecule has 0 unspecified atom stereocenters. The van der Waals surface area contributed by atoms with Gasteiger partial charge in [0.25, 0.3) is 0 Å². The quantitative estimate of drug-likeness (QED) is 0.373. The third kappa shape index (κ3) is 4.14. The second-order valence-electron chi connectivity index (χ2n) is 1.04. The van der Waals surface area contributed by atoms with Gasteiger partial charge in [-0.2, -0.15) is 0 Å². The van der Waals surface area contributed by atoms with Crippen molar-refractivity contribution in [2.24, 2.45) is 0 Å². The van der Waals surface area contributed by atoms with Crippen molar-refractivity contribution in [2.45, 2.75) is 13.3 Å². The lowest BCUT2D eigenvalue weighted by atomic mass is 10.5. The van der Waals surface area contributed by atoms with E-state index in [4.69, 9.17) is 4.80 Å². The van der Waals surface area contributed by atoms with Crippen LogP contribution in [0.15, 0.2) is 0 Å². The predicted octanol–water partition coefficient (Wildman–Crippen LogP) is -0.487. The molecule has 0 bridgehead atoms. The van der Waals surface area contributed by atoms with Gasteiger partial charge in [0.15, 0.2) is 0 Å². The minimum atomic E-state index is -0.0854. The van der Waals surface area contributed by atoms with Gasteiger partial charge < -0.3 is 9.78 Å². The van der Waals surface area contributed by atoms with E-state index in [1.807, 2.05) is 0 Å². The Morgan fingerprint density at radius 3 is 2.67 bits per heavy atom. The van der Waals surface area contributed by atoms with Crippen molar-refractivity contribution in [1.29, 1.82) is 0 Å². The van der Waals surface area contributed by atoms with Gasteiger partial charge in [0, 0.05) is 0 Å². The van der Waals surface area contributed by atoms with Crippen LogP contribution in [0.4, 0.5) is 0 Å². The van der Waals surface area contributed by atoms with Crippen molar-refractivity contribution in [3.8, 4) is 0 Å². The SMILES string of the molecule is CCCN[Si]O. The molecule has 2 radical (unpaired) electrons. The summed E-state index contributed by atoms with van der Waals surface area (Å²) in [7, 11) is -0.0854. The summed E-state index contributed by atoms with van der Waals surface area (Å²) in [6.07, 6.45) is 1.09. The summed E-state index contributed by atoms with van der Waals surface area (Å²) in [4.78, 5) is 10.9. The second kappa shape index (κ2) is 5.14. The van der Waals surface area contributed by atoms with Crippen LogP contribution in [0.2, 0.25) is 0 Å². The molecule has 0 saturated carbocycles. The Balaban J connectivity index is 2.34. The Morgan fingerprint density at radius 1 is 1.83 bits per heavy atom. The molecule has 0 aromatic heterocycles. The van der Waals surface area contributed by atoms with Gasteiger partial charge in [0.1, 0.15) is 0 Å². The molecule has 0 atom stereocenters. The fourth-order valence-corrected chi connectivity index (χ4v) is 0.543. The van der Waals surface area contributed by atoms with Gasteiger partial charge >= 0.3 is 9.92 Å². The summed E-state index contributed by atoms with van der Waals surface area (Å²) in [5.41, 5.74) is 0. The van der Waals surface area contributed by atoms with Gasteiger partial charge in [-0.05, 0) is 13.0 Å². The maximum absolute atomic E-state index is 8.11. The molecule has 2 nitrogen and oxygen atoms in total. The van der Waals surface area contributed by atoms with E-state index in [0.717, 1.165) is 13.0 Å². The van der Waals surface area contributed by atoms with Crippen LogP contribution in [0.3, 0.4) is 0 Å². The molecule has 0 fully saturated rings. The molecule has 2 N–H and O–H groups in total. The molecule has 0 saturated heterocycles. The van der Waals surface area contributed by atoms with E-state index >= 15 is 0 Å². The van der Waals surface area contributed by atoms with Crippen molar-refractivity contribution in [3.05, 3.63) is 0 Å². The zero-order valence-electron chi connectivity index (χ0n) is 3.86. The molecule has 3 heteroatoms. The molecule has 0 amide bonds. The third-order valence-electron chi connectivity index (χ3n) is 0.454. The molecular formula is C3H9NOSi. The molecular weight excluding hydrogens is 94.1 g/mol. The highest BCUT2D eigenvalue weighted by Gasteiger charge is 1.76. The Hall–Kier alpha value is 0.137. The first-order chi connectivity index (χ1) is 2.91. The topological polar surface area (TPSA) is 32.3 Å². The lowest BCUT2D eigenvalue weighted by Crippen LogP contribution is -2.18. The van der Waals surface area contributed by atoms with Crippen LogP contribution in [0.25, 0.3) is 0 Å².